The van der Waals surface area contributed by atoms with Crippen molar-refractivity contribution in [2.75, 3.05) is 0 Å². The molecule has 0 aliphatic rings. The van der Waals surface area contributed by atoms with Gasteiger partial charge in [0.15, 0.2) is 0 Å². The molecule has 0 spiro atoms. The lowest BCUT2D eigenvalue weighted by molar-refractivity contribution is 0.549. The van der Waals surface area contributed by atoms with Gasteiger partial charge in [-0.25, -0.2) is 0 Å². The fourth-order valence-corrected chi connectivity index (χ4v) is 2.28. The monoisotopic (exact) mass is 231 g/mol. The van der Waals surface area contributed by atoms with Gasteiger partial charge < -0.3 is 0 Å². The maximum atomic E-state index is 3.34. The summed E-state index contributed by atoms with van der Waals surface area (Å²) in [6, 6.07) is 11.7. The Morgan fingerprint density at radius 2 is 1.71 bits per heavy atom. The Morgan fingerprint density at radius 3 is 2.35 bits per heavy atom. The number of hydrogen-bond acceptors (Lipinski definition) is 0. The summed E-state index contributed by atoms with van der Waals surface area (Å²) in [6.45, 7) is 4.60. The van der Waals surface area contributed by atoms with E-state index in [4.69, 9.17) is 0 Å². The normalized spacial score (nSPS) is 12.6. The maximum absolute atomic E-state index is 3.34. The van der Waals surface area contributed by atoms with Crippen LogP contribution in [0.25, 0.3) is 0 Å². The first kappa shape index (κ1) is 14.3. The van der Waals surface area contributed by atoms with E-state index < -0.39 is 0 Å². The van der Waals surface area contributed by atoms with E-state index in [0.29, 0.717) is 5.92 Å². The van der Waals surface area contributed by atoms with Gasteiger partial charge in [-0.3, -0.25) is 0 Å². The Hall–Kier alpha value is -0.780. The van der Waals surface area contributed by atoms with Crippen LogP contribution in [0.2, 0.25) is 0 Å². The quantitative estimate of drug-likeness (QED) is 0.476. The maximum Gasteiger partial charge on any atom is -0.0146 e. The molecule has 0 aliphatic carbocycles. The van der Waals surface area contributed by atoms with Crippen molar-refractivity contribution >= 4 is 0 Å². The molecular weight excluding hydrogens is 204 g/mol. The van der Waals surface area contributed by atoms with Crippen molar-refractivity contribution < 1.29 is 0 Å². The van der Waals surface area contributed by atoms with Crippen LogP contribution in [-0.2, 0) is 0 Å². The van der Waals surface area contributed by atoms with Crippen molar-refractivity contribution in [1.82, 2.24) is 0 Å². The zero-order valence-corrected chi connectivity index (χ0v) is 11.5. The minimum Gasteiger partial charge on any atom is -0.0654 e. The Morgan fingerprint density at radius 1 is 1.00 bits per heavy atom. The molecule has 0 heterocycles. The van der Waals surface area contributed by atoms with Gasteiger partial charge in [0.1, 0.15) is 0 Å². The molecule has 0 aliphatic heterocycles. The third-order valence-electron chi connectivity index (χ3n) is 3.50. The highest BCUT2D eigenvalue weighted by molar-refractivity contribution is 5.16. The molecule has 0 amide bonds. The van der Waals surface area contributed by atoms with Crippen molar-refractivity contribution in [2.45, 2.75) is 71.1 Å². The first-order valence-electron chi connectivity index (χ1n) is 7.31. The molecule has 1 rings (SSSR count). The Labute approximate surface area is 107 Å². The van der Waals surface area contributed by atoms with Gasteiger partial charge in [-0.15, -0.1) is 0 Å². The van der Waals surface area contributed by atoms with Crippen LogP contribution >= 0.6 is 0 Å². The molecule has 95 valence electrons. The van der Waals surface area contributed by atoms with Crippen LogP contribution in [0.1, 0.15) is 76.7 Å². The minimum atomic E-state index is 0.673. The Balaban J connectivity index is 2.03. The largest absolute Gasteiger partial charge is 0.0654 e. The van der Waals surface area contributed by atoms with E-state index in [9.17, 15) is 0 Å². The zero-order chi connectivity index (χ0) is 12.3. The molecular formula is C17H27. The molecule has 0 fully saturated rings. The first-order valence-corrected chi connectivity index (χ1v) is 7.31. The van der Waals surface area contributed by atoms with E-state index >= 15 is 0 Å². The Bertz CT molecular complexity index is 263. The average Bonchev–Trinajstić information content (AvgIpc) is 2.38. The second-order valence-electron chi connectivity index (χ2n) is 5.13. The van der Waals surface area contributed by atoms with Gasteiger partial charge in [0.25, 0.3) is 0 Å². The summed E-state index contributed by atoms with van der Waals surface area (Å²) in [4.78, 5) is 0. The van der Waals surface area contributed by atoms with Crippen molar-refractivity contribution in [1.29, 1.82) is 0 Å². The second kappa shape index (κ2) is 9.27. The molecule has 0 bridgehead atoms. The molecule has 0 nitrogen and oxygen atoms in total. The molecule has 1 aromatic carbocycles. The second-order valence-corrected chi connectivity index (χ2v) is 5.13. The van der Waals surface area contributed by atoms with Gasteiger partial charge in [0.05, 0.1) is 0 Å². The average molecular weight is 231 g/mol. The third-order valence-corrected chi connectivity index (χ3v) is 3.50. The van der Waals surface area contributed by atoms with Crippen LogP contribution in [0.15, 0.2) is 24.3 Å². The van der Waals surface area contributed by atoms with Crippen LogP contribution in [0, 0.1) is 6.07 Å². The van der Waals surface area contributed by atoms with Gasteiger partial charge >= 0.3 is 0 Å². The fourth-order valence-electron chi connectivity index (χ4n) is 2.28. The van der Waals surface area contributed by atoms with Gasteiger partial charge in [-0.05, 0) is 24.0 Å². The first-order chi connectivity index (χ1) is 8.34. The van der Waals surface area contributed by atoms with Gasteiger partial charge in [0, 0.05) is 0 Å². The number of hydrogen-bond donors (Lipinski definition) is 0. The van der Waals surface area contributed by atoms with Gasteiger partial charge in [-0.2, -0.15) is 0 Å². The van der Waals surface area contributed by atoms with Crippen LogP contribution in [0.5, 0.6) is 0 Å². The smallest absolute Gasteiger partial charge is 0.0146 e. The lowest BCUT2D eigenvalue weighted by Crippen LogP contribution is -1.93. The lowest BCUT2D eigenvalue weighted by atomic mass is 9.95. The molecule has 0 saturated carbocycles. The molecule has 0 aromatic heterocycles. The van der Waals surface area contributed by atoms with Crippen molar-refractivity contribution in [3.63, 3.8) is 0 Å². The summed E-state index contributed by atoms with van der Waals surface area (Å²) in [7, 11) is 0. The van der Waals surface area contributed by atoms with E-state index in [1.807, 2.05) is 12.1 Å². The summed E-state index contributed by atoms with van der Waals surface area (Å²) in [5.41, 5.74) is 1.37. The highest BCUT2D eigenvalue weighted by Crippen LogP contribution is 2.21. The summed E-state index contributed by atoms with van der Waals surface area (Å²) in [6.07, 6.45) is 11.1. The van der Waals surface area contributed by atoms with E-state index in [2.05, 4.69) is 32.0 Å². The molecule has 1 atom stereocenters. The molecule has 1 aromatic rings. The predicted molar refractivity (Wildman–Crippen MR) is 76.3 cm³/mol. The zero-order valence-electron chi connectivity index (χ0n) is 11.5. The van der Waals surface area contributed by atoms with Gasteiger partial charge in [0.2, 0.25) is 0 Å². The number of benzene rings is 1. The van der Waals surface area contributed by atoms with Crippen LogP contribution in [0.4, 0.5) is 0 Å². The number of rotatable bonds is 9. The van der Waals surface area contributed by atoms with Crippen molar-refractivity contribution in [2.24, 2.45) is 0 Å². The summed E-state index contributed by atoms with van der Waals surface area (Å²) < 4.78 is 0. The number of unbranched alkanes of at least 4 members (excludes halogenated alkanes) is 6. The minimum absolute atomic E-state index is 0.673. The summed E-state index contributed by atoms with van der Waals surface area (Å²) in [5, 5.41) is 0. The molecule has 17 heavy (non-hydrogen) atoms. The molecule has 1 radical (unpaired) electrons. The van der Waals surface area contributed by atoms with Crippen LogP contribution in [0.3, 0.4) is 0 Å². The topological polar surface area (TPSA) is 0 Å². The SMILES string of the molecule is CCCCCCCCCC(C)c1[c]cccc1. The molecule has 0 N–H and O–H groups in total. The van der Waals surface area contributed by atoms with E-state index in [1.54, 1.807) is 0 Å². The third kappa shape index (κ3) is 6.51. The van der Waals surface area contributed by atoms with Crippen molar-refractivity contribution in [3.8, 4) is 0 Å². The molecule has 0 saturated heterocycles. The van der Waals surface area contributed by atoms with Gasteiger partial charge in [-0.1, -0.05) is 83.1 Å². The highest BCUT2D eigenvalue weighted by atomic mass is 14.1. The molecule has 1 unspecified atom stereocenters. The highest BCUT2D eigenvalue weighted by Gasteiger charge is 2.04. The Kier molecular flexibility index (Phi) is 7.79. The van der Waals surface area contributed by atoms with Crippen LogP contribution in [-0.4, -0.2) is 0 Å². The summed E-state index contributed by atoms with van der Waals surface area (Å²) in [5.74, 6) is 0.673. The van der Waals surface area contributed by atoms with Crippen molar-refractivity contribution in [3.05, 3.63) is 35.9 Å². The van der Waals surface area contributed by atoms with Crippen LogP contribution < -0.4 is 0 Å². The lowest BCUT2D eigenvalue weighted by Gasteiger charge is -2.10. The molecule has 0 heteroatoms. The fraction of sp³-hybridized carbons (Fsp3) is 0.647. The predicted octanol–water partition coefficient (Wildman–Crippen LogP) is 5.73. The summed E-state index contributed by atoms with van der Waals surface area (Å²) >= 11 is 0. The van der Waals surface area contributed by atoms with E-state index in [0.717, 1.165) is 0 Å². The van der Waals surface area contributed by atoms with E-state index in [1.165, 1.54) is 56.9 Å². The van der Waals surface area contributed by atoms with E-state index in [-0.39, 0.29) is 0 Å². The standard InChI is InChI=1S/C17H27/c1-3-4-5-6-7-8-10-13-16(2)17-14-11-9-12-15-17/h9,11-12,14,16H,3-8,10,13H2,1-2H3.